The Hall–Kier alpha value is -6.98. The van der Waals surface area contributed by atoms with E-state index >= 15 is 0 Å². The van der Waals surface area contributed by atoms with Gasteiger partial charge in [-0.1, -0.05) is 127 Å². The van der Waals surface area contributed by atoms with Crippen LogP contribution in [0.15, 0.2) is 206 Å². The first-order valence-corrected chi connectivity index (χ1v) is 21.3. The molecule has 272 valence electrons. The lowest BCUT2D eigenvalue weighted by atomic mass is 9.91. The van der Waals surface area contributed by atoms with E-state index in [1.165, 1.54) is 84.4 Å². The summed E-state index contributed by atoms with van der Waals surface area (Å²) in [6, 6.07) is 75.9. The van der Waals surface area contributed by atoms with Gasteiger partial charge in [0.2, 0.25) is 0 Å². The van der Waals surface area contributed by atoms with Crippen LogP contribution in [-0.4, -0.2) is 4.57 Å². The van der Waals surface area contributed by atoms with Crippen LogP contribution in [0.3, 0.4) is 0 Å². The van der Waals surface area contributed by atoms with Gasteiger partial charge in [0.05, 0.1) is 16.7 Å². The van der Waals surface area contributed by atoms with E-state index in [4.69, 9.17) is 0 Å². The zero-order valence-corrected chi connectivity index (χ0v) is 33.0. The van der Waals surface area contributed by atoms with Crippen molar-refractivity contribution in [3.05, 3.63) is 206 Å². The molecule has 3 aromatic heterocycles. The van der Waals surface area contributed by atoms with Crippen molar-refractivity contribution in [1.82, 2.24) is 4.57 Å². The molecule has 58 heavy (non-hydrogen) atoms. The largest absolute Gasteiger partial charge is 0.310 e. The molecule has 0 bridgehead atoms. The van der Waals surface area contributed by atoms with Crippen molar-refractivity contribution in [2.45, 2.75) is 0 Å². The molecule has 4 heteroatoms. The van der Waals surface area contributed by atoms with Gasteiger partial charge in [0.1, 0.15) is 0 Å². The van der Waals surface area contributed by atoms with E-state index in [9.17, 15) is 0 Å². The quantitative estimate of drug-likeness (QED) is 0.163. The number of aromatic nitrogens is 1. The average molecular weight is 775 g/mol. The number of nitrogens with zero attached hydrogens (tertiary/aromatic N) is 2. The van der Waals surface area contributed by atoms with Crippen LogP contribution in [0, 0.1) is 0 Å². The Morgan fingerprint density at radius 3 is 1.67 bits per heavy atom. The first-order chi connectivity index (χ1) is 28.8. The van der Waals surface area contributed by atoms with E-state index in [-0.39, 0.29) is 0 Å². The summed E-state index contributed by atoms with van der Waals surface area (Å²) in [5.41, 5.74) is 11.6. The van der Waals surface area contributed by atoms with Gasteiger partial charge in [-0.3, -0.25) is 0 Å². The van der Waals surface area contributed by atoms with E-state index < -0.39 is 0 Å². The van der Waals surface area contributed by atoms with E-state index in [0.717, 1.165) is 22.7 Å². The van der Waals surface area contributed by atoms with Crippen LogP contribution < -0.4 is 4.90 Å². The Morgan fingerprint density at radius 2 is 0.914 bits per heavy atom. The molecular formula is C54H34N2S2. The minimum absolute atomic E-state index is 1.10. The molecule has 0 fully saturated rings. The van der Waals surface area contributed by atoms with Gasteiger partial charge in [-0.15, -0.1) is 22.7 Å². The van der Waals surface area contributed by atoms with Gasteiger partial charge in [-0.25, -0.2) is 0 Å². The van der Waals surface area contributed by atoms with Gasteiger partial charge in [-0.2, -0.15) is 0 Å². The fourth-order valence-corrected chi connectivity index (χ4v) is 11.2. The van der Waals surface area contributed by atoms with Crippen molar-refractivity contribution in [1.29, 1.82) is 0 Å². The van der Waals surface area contributed by atoms with Crippen LogP contribution in [0.5, 0.6) is 0 Å². The van der Waals surface area contributed by atoms with Crippen molar-refractivity contribution >= 4 is 102 Å². The molecule has 0 saturated carbocycles. The number of anilines is 3. The van der Waals surface area contributed by atoms with Crippen LogP contribution in [0.4, 0.5) is 17.1 Å². The van der Waals surface area contributed by atoms with Gasteiger partial charge in [0, 0.05) is 73.7 Å². The zero-order valence-electron chi connectivity index (χ0n) is 31.3. The molecule has 12 rings (SSSR count). The summed E-state index contributed by atoms with van der Waals surface area (Å²) in [4.78, 5) is 2.49. The monoisotopic (exact) mass is 774 g/mol. The van der Waals surface area contributed by atoms with Gasteiger partial charge in [0.25, 0.3) is 0 Å². The van der Waals surface area contributed by atoms with Gasteiger partial charge < -0.3 is 9.47 Å². The third-order valence-electron chi connectivity index (χ3n) is 11.6. The van der Waals surface area contributed by atoms with Crippen LogP contribution in [0.1, 0.15) is 0 Å². The average Bonchev–Trinajstić information content (AvgIpc) is 3.96. The lowest BCUT2D eigenvalue weighted by molar-refractivity contribution is 1.18. The minimum Gasteiger partial charge on any atom is -0.310 e. The molecule has 3 heterocycles. The standard InChI is InChI=1S/C54H34N2S2/c1-3-14-35(15-4-1)54-40(36-26-30-52-45(32-36)43-19-8-11-24-50(43)57-52)21-13-23-48(54)55(38-28-31-53-46(33-38)44-20-9-12-25-51(44)58-53)39-27-29-42-41-18-7-10-22-47(41)56(49(42)34-39)37-16-5-2-6-17-37/h1-34H. The second-order valence-corrected chi connectivity index (χ2v) is 17.0. The lowest BCUT2D eigenvalue weighted by Crippen LogP contribution is -2.12. The maximum Gasteiger partial charge on any atom is 0.0561 e. The highest BCUT2D eigenvalue weighted by molar-refractivity contribution is 7.26. The van der Waals surface area contributed by atoms with Crippen molar-refractivity contribution in [2.24, 2.45) is 0 Å². The number of hydrogen-bond acceptors (Lipinski definition) is 3. The van der Waals surface area contributed by atoms with Gasteiger partial charge >= 0.3 is 0 Å². The fraction of sp³-hybridized carbons (Fsp3) is 0. The lowest BCUT2D eigenvalue weighted by Gasteiger charge is -2.29. The van der Waals surface area contributed by atoms with Gasteiger partial charge in [-0.05, 0) is 95.6 Å². The number of hydrogen-bond donors (Lipinski definition) is 0. The molecule has 0 unspecified atom stereocenters. The molecule has 12 aromatic rings. The predicted octanol–water partition coefficient (Wildman–Crippen LogP) is 16.3. The summed E-state index contributed by atoms with van der Waals surface area (Å²) in [6.07, 6.45) is 0. The Labute approximate surface area is 343 Å². The molecule has 0 aliphatic heterocycles. The molecule has 0 atom stereocenters. The molecule has 9 aromatic carbocycles. The summed E-state index contributed by atoms with van der Waals surface area (Å²) in [7, 11) is 0. The molecule has 2 nitrogen and oxygen atoms in total. The number of rotatable bonds is 6. The highest BCUT2D eigenvalue weighted by atomic mass is 32.1. The molecule has 0 spiro atoms. The fourth-order valence-electron chi connectivity index (χ4n) is 9.00. The van der Waals surface area contributed by atoms with E-state index in [0.29, 0.717) is 0 Å². The molecule has 0 aliphatic rings. The first kappa shape index (κ1) is 33.2. The molecular weight excluding hydrogens is 741 g/mol. The second-order valence-electron chi connectivity index (χ2n) is 14.9. The highest BCUT2D eigenvalue weighted by Gasteiger charge is 2.23. The first-order valence-electron chi connectivity index (χ1n) is 19.7. The molecule has 0 N–H and O–H groups in total. The normalized spacial score (nSPS) is 11.8. The SMILES string of the molecule is c1ccc(-c2c(-c3ccc4sc5ccccc5c4c3)cccc2N(c2ccc3sc4ccccc4c3c2)c2ccc3c4ccccc4n(-c4ccccc4)c3c2)cc1. The summed E-state index contributed by atoms with van der Waals surface area (Å²) in [6.45, 7) is 0. The number of fused-ring (bicyclic) bond motifs is 9. The Bertz CT molecular complexity index is 3520. The number of benzene rings is 9. The molecule has 0 aliphatic carbocycles. The Kier molecular flexibility index (Phi) is 7.62. The summed E-state index contributed by atoms with van der Waals surface area (Å²) < 4.78 is 7.63. The van der Waals surface area contributed by atoms with E-state index in [1.54, 1.807) is 0 Å². The van der Waals surface area contributed by atoms with Crippen molar-refractivity contribution in [3.63, 3.8) is 0 Å². The molecule has 0 amide bonds. The maximum absolute atomic E-state index is 2.49. The van der Waals surface area contributed by atoms with Crippen LogP contribution in [0.2, 0.25) is 0 Å². The Balaban J connectivity index is 1.16. The second kappa shape index (κ2) is 13.3. The third kappa shape index (κ3) is 5.23. The van der Waals surface area contributed by atoms with E-state index in [2.05, 4.69) is 216 Å². The molecule has 0 saturated heterocycles. The van der Waals surface area contributed by atoms with Crippen molar-refractivity contribution < 1.29 is 0 Å². The van der Waals surface area contributed by atoms with Crippen molar-refractivity contribution in [2.75, 3.05) is 4.90 Å². The highest BCUT2D eigenvalue weighted by Crippen LogP contribution is 2.49. The predicted molar refractivity (Wildman–Crippen MR) is 252 cm³/mol. The number of para-hydroxylation sites is 2. The third-order valence-corrected chi connectivity index (χ3v) is 13.9. The van der Waals surface area contributed by atoms with Crippen LogP contribution >= 0.6 is 22.7 Å². The zero-order chi connectivity index (χ0) is 38.2. The maximum atomic E-state index is 2.49. The van der Waals surface area contributed by atoms with Gasteiger partial charge in [0.15, 0.2) is 0 Å². The minimum atomic E-state index is 1.10. The van der Waals surface area contributed by atoms with E-state index in [1.807, 2.05) is 22.7 Å². The number of thiophene rings is 2. The smallest absolute Gasteiger partial charge is 0.0561 e. The van der Waals surface area contributed by atoms with Crippen molar-refractivity contribution in [3.8, 4) is 27.9 Å². The summed E-state index contributed by atoms with van der Waals surface area (Å²) in [5.74, 6) is 0. The van der Waals surface area contributed by atoms with Crippen LogP contribution in [0.25, 0.3) is 90.1 Å². The summed E-state index contributed by atoms with van der Waals surface area (Å²) >= 11 is 3.72. The Morgan fingerprint density at radius 1 is 0.345 bits per heavy atom. The van der Waals surface area contributed by atoms with Crippen LogP contribution in [-0.2, 0) is 0 Å². The summed E-state index contributed by atoms with van der Waals surface area (Å²) in [5, 5.41) is 7.65. The topological polar surface area (TPSA) is 8.17 Å². The molecule has 0 radical (unpaired) electrons.